The number of aliphatic carboxylic acids is 1. The Kier molecular flexibility index (Phi) is 2.23. The summed E-state index contributed by atoms with van der Waals surface area (Å²) in [6.07, 6.45) is 3.21. The minimum absolute atomic E-state index is 0.00509. The zero-order chi connectivity index (χ0) is 11.2. The Morgan fingerprint density at radius 3 is 2.73 bits per heavy atom. The summed E-state index contributed by atoms with van der Waals surface area (Å²) >= 11 is 6.00. The first-order chi connectivity index (χ1) is 6.96. The Balaban J connectivity index is 2.36. The molecule has 1 aliphatic carbocycles. The van der Waals surface area contributed by atoms with Gasteiger partial charge in [-0.05, 0) is 17.0 Å². The van der Waals surface area contributed by atoms with Gasteiger partial charge in [-0.25, -0.2) is 0 Å². The molecular weight excluding hydrogens is 214 g/mol. The first-order valence-corrected chi connectivity index (χ1v) is 5.16. The molecule has 1 aromatic rings. The van der Waals surface area contributed by atoms with Gasteiger partial charge in [0, 0.05) is 18.3 Å². The standard InChI is InChI=1S/C11H12ClNO2/c1-11(2)8(9(11)10(14)15)6-3-4-13-5-7(6)12/h3-5,8-9H,1-2H3,(H,14,15). The Bertz CT molecular complexity index is 417. The number of carboxylic acid groups (broad SMARTS) is 1. The van der Waals surface area contributed by atoms with Crippen molar-refractivity contribution in [2.75, 3.05) is 0 Å². The molecule has 80 valence electrons. The van der Waals surface area contributed by atoms with Gasteiger partial charge in [0.05, 0.1) is 10.9 Å². The van der Waals surface area contributed by atoms with Crippen LogP contribution in [0, 0.1) is 11.3 Å². The number of nitrogens with zero attached hydrogens (tertiary/aromatic N) is 1. The predicted octanol–water partition coefficient (Wildman–Crippen LogP) is 2.56. The highest BCUT2D eigenvalue weighted by Crippen LogP contribution is 2.65. The summed E-state index contributed by atoms with van der Waals surface area (Å²) in [5.41, 5.74) is 0.681. The minimum Gasteiger partial charge on any atom is -0.481 e. The first kappa shape index (κ1) is 10.4. The number of pyridine rings is 1. The van der Waals surface area contributed by atoms with Gasteiger partial charge < -0.3 is 5.11 Å². The zero-order valence-corrected chi connectivity index (χ0v) is 9.32. The van der Waals surface area contributed by atoms with Crippen molar-refractivity contribution >= 4 is 17.6 Å². The Morgan fingerprint density at radius 1 is 1.60 bits per heavy atom. The van der Waals surface area contributed by atoms with Crippen molar-refractivity contribution in [3.05, 3.63) is 29.0 Å². The molecule has 0 amide bonds. The molecule has 0 saturated heterocycles. The summed E-state index contributed by atoms with van der Waals surface area (Å²) in [4.78, 5) is 14.9. The molecule has 0 spiro atoms. The van der Waals surface area contributed by atoms with Crippen LogP contribution in [0.3, 0.4) is 0 Å². The SMILES string of the molecule is CC1(C)C(C(=O)O)C1c1ccncc1Cl. The van der Waals surface area contributed by atoms with Gasteiger partial charge in [0.25, 0.3) is 0 Å². The van der Waals surface area contributed by atoms with E-state index < -0.39 is 5.97 Å². The van der Waals surface area contributed by atoms with Gasteiger partial charge in [-0.1, -0.05) is 25.4 Å². The molecule has 1 aliphatic rings. The molecule has 4 heteroatoms. The molecule has 1 saturated carbocycles. The number of hydrogen-bond donors (Lipinski definition) is 1. The Labute approximate surface area is 93.1 Å². The van der Waals surface area contributed by atoms with Crippen molar-refractivity contribution in [2.45, 2.75) is 19.8 Å². The van der Waals surface area contributed by atoms with Crippen LogP contribution >= 0.6 is 11.6 Å². The van der Waals surface area contributed by atoms with Gasteiger partial charge in [-0.2, -0.15) is 0 Å². The van der Waals surface area contributed by atoms with Crippen LogP contribution in [-0.4, -0.2) is 16.1 Å². The average Bonchev–Trinajstić information content (AvgIpc) is 2.70. The monoisotopic (exact) mass is 225 g/mol. The van der Waals surface area contributed by atoms with E-state index in [9.17, 15) is 4.79 Å². The highest BCUT2D eigenvalue weighted by atomic mass is 35.5. The third-order valence-corrected chi connectivity index (χ3v) is 3.55. The molecule has 1 N–H and O–H groups in total. The van der Waals surface area contributed by atoms with Crippen molar-refractivity contribution in [1.82, 2.24) is 4.98 Å². The van der Waals surface area contributed by atoms with E-state index >= 15 is 0 Å². The Morgan fingerprint density at radius 2 is 2.27 bits per heavy atom. The molecule has 0 radical (unpaired) electrons. The number of hydrogen-bond acceptors (Lipinski definition) is 2. The van der Waals surface area contributed by atoms with Crippen LogP contribution in [-0.2, 0) is 4.79 Å². The van der Waals surface area contributed by atoms with Gasteiger partial charge >= 0.3 is 5.97 Å². The van der Waals surface area contributed by atoms with E-state index in [0.29, 0.717) is 5.02 Å². The third kappa shape index (κ3) is 1.51. The normalized spacial score (nSPS) is 27.4. The van der Waals surface area contributed by atoms with Crippen LogP contribution in [0.2, 0.25) is 5.02 Å². The van der Waals surface area contributed by atoms with Crippen molar-refractivity contribution < 1.29 is 9.90 Å². The van der Waals surface area contributed by atoms with Gasteiger partial charge in [-0.3, -0.25) is 9.78 Å². The van der Waals surface area contributed by atoms with Gasteiger partial charge in [0.2, 0.25) is 0 Å². The van der Waals surface area contributed by atoms with E-state index in [1.165, 1.54) is 0 Å². The summed E-state index contributed by atoms with van der Waals surface area (Å²) in [7, 11) is 0. The lowest BCUT2D eigenvalue weighted by molar-refractivity contribution is -0.139. The third-order valence-electron chi connectivity index (χ3n) is 3.23. The fraction of sp³-hybridized carbons (Fsp3) is 0.455. The number of carboxylic acids is 1. The quantitative estimate of drug-likeness (QED) is 0.842. The van der Waals surface area contributed by atoms with Crippen LogP contribution in [0.4, 0.5) is 0 Å². The average molecular weight is 226 g/mol. The van der Waals surface area contributed by atoms with E-state index in [4.69, 9.17) is 16.7 Å². The Hall–Kier alpha value is -1.09. The van der Waals surface area contributed by atoms with E-state index in [-0.39, 0.29) is 17.3 Å². The second-order valence-corrected chi connectivity index (χ2v) is 4.92. The molecule has 0 bridgehead atoms. The van der Waals surface area contributed by atoms with Crippen molar-refractivity contribution in [2.24, 2.45) is 11.3 Å². The molecule has 1 heterocycles. The second kappa shape index (κ2) is 3.20. The van der Waals surface area contributed by atoms with E-state index in [1.807, 2.05) is 13.8 Å². The highest BCUT2D eigenvalue weighted by Gasteiger charge is 2.63. The van der Waals surface area contributed by atoms with Crippen LogP contribution in [0.5, 0.6) is 0 Å². The van der Waals surface area contributed by atoms with Crippen molar-refractivity contribution in [1.29, 1.82) is 0 Å². The van der Waals surface area contributed by atoms with Gasteiger partial charge in [0.15, 0.2) is 0 Å². The molecule has 3 nitrogen and oxygen atoms in total. The van der Waals surface area contributed by atoms with Crippen LogP contribution in [0.1, 0.15) is 25.3 Å². The fourth-order valence-electron chi connectivity index (χ4n) is 2.32. The molecule has 1 aromatic heterocycles. The summed E-state index contributed by atoms with van der Waals surface area (Å²) in [5, 5.41) is 9.61. The molecule has 1 fully saturated rings. The lowest BCUT2D eigenvalue weighted by atomic mass is 10.0. The number of aromatic nitrogens is 1. The molecular formula is C11H12ClNO2. The summed E-state index contributed by atoms with van der Waals surface area (Å²) in [6.45, 7) is 3.90. The zero-order valence-electron chi connectivity index (χ0n) is 8.57. The van der Waals surface area contributed by atoms with E-state index in [2.05, 4.69) is 4.98 Å². The summed E-state index contributed by atoms with van der Waals surface area (Å²) in [6, 6.07) is 1.80. The molecule has 2 unspecified atom stereocenters. The smallest absolute Gasteiger partial charge is 0.307 e. The van der Waals surface area contributed by atoms with Crippen molar-refractivity contribution in [3.63, 3.8) is 0 Å². The molecule has 2 rings (SSSR count). The maximum atomic E-state index is 11.0. The molecule has 2 atom stereocenters. The molecule has 15 heavy (non-hydrogen) atoms. The van der Waals surface area contributed by atoms with Gasteiger partial charge in [0.1, 0.15) is 0 Å². The number of carbonyl (C=O) groups is 1. The van der Waals surface area contributed by atoms with Gasteiger partial charge in [-0.15, -0.1) is 0 Å². The lowest BCUT2D eigenvalue weighted by Crippen LogP contribution is -2.03. The fourth-order valence-corrected chi connectivity index (χ4v) is 2.55. The second-order valence-electron chi connectivity index (χ2n) is 4.51. The van der Waals surface area contributed by atoms with E-state index in [1.54, 1.807) is 18.5 Å². The maximum Gasteiger partial charge on any atom is 0.307 e. The highest BCUT2D eigenvalue weighted by molar-refractivity contribution is 6.31. The maximum absolute atomic E-state index is 11.0. The first-order valence-electron chi connectivity index (χ1n) is 4.78. The number of rotatable bonds is 2. The minimum atomic E-state index is -0.752. The topological polar surface area (TPSA) is 50.2 Å². The molecule has 0 aromatic carbocycles. The van der Waals surface area contributed by atoms with Crippen LogP contribution in [0.15, 0.2) is 18.5 Å². The summed E-state index contributed by atoms with van der Waals surface area (Å²) in [5.74, 6) is -1.08. The van der Waals surface area contributed by atoms with Crippen LogP contribution < -0.4 is 0 Å². The number of halogens is 1. The van der Waals surface area contributed by atoms with Crippen LogP contribution in [0.25, 0.3) is 0 Å². The van der Waals surface area contributed by atoms with Crippen molar-refractivity contribution in [3.8, 4) is 0 Å². The van der Waals surface area contributed by atoms with E-state index in [0.717, 1.165) is 5.56 Å². The largest absolute Gasteiger partial charge is 0.481 e. The summed E-state index contributed by atoms with van der Waals surface area (Å²) < 4.78 is 0. The lowest BCUT2D eigenvalue weighted by Gasteiger charge is -2.03. The molecule has 0 aliphatic heterocycles. The predicted molar refractivity (Wildman–Crippen MR) is 56.9 cm³/mol.